The van der Waals surface area contributed by atoms with Gasteiger partial charge in [0.05, 0.1) is 17.1 Å². The molecule has 0 aliphatic carbocycles. The Balaban J connectivity index is 2.42. The minimum atomic E-state index is 0.0591. The van der Waals surface area contributed by atoms with Crippen molar-refractivity contribution in [1.29, 1.82) is 5.26 Å². The first kappa shape index (κ1) is 14.6. The van der Waals surface area contributed by atoms with Crippen LogP contribution in [0.4, 0.5) is 5.82 Å². The highest BCUT2D eigenvalue weighted by atomic mass is 35.5. The van der Waals surface area contributed by atoms with Crippen LogP contribution in [0.15, 0.2) is 24.3 Å². The van der Waals surface area contributed by atoms with Gasteiger partial charge in [-0.05, 0) is 37.1 Å². The number of nitriles is 1. The number of anilines is 1. The Morgan fingerprint density at radius 1 is 1.40 bits per heavy atom. The van der Waals surface area contributed by atoms with Crippen LogP contribution in [0, 0.1) is 17.2 Å². The second kappa shape index (κ2) is 6.08. The summed E-state index contributed by atoms with van der Waals surface area (Å²) < 4.78 is 0. The first-order chi connectivity index (χ1) is 9.55. The molecule has 0 bridgehead atoms. The maximum Gasteiger partial charge on any atom is 0.128 e. The van der Waals surface area contributed by atoms with Gasteiger partial charge in [-0.1, -0.05) is 18.5 Å². The largest absolute Gasteiger partial charge is 0.396 e. The number of halogens is 1. The number of aliphatic hydroxyl groups is 1. The Hall–Kier alpha value is -1.83. The normalized spacial score (nSPS) is 13.8. The van der Waals surface area contributed by atoms with Crippen LogP contribution in [0.25, 0.3) is 10.9 Å². The first-order valence-electron chi connectivity index (χ1n) is 6.43. The number of aromatic nitrogens is 1. The van der Waals surface area contributed by atoms with E-state index in [4.69, 9.17) is 16.7 Å². The van der Waals surface area contributed by atoms with Crippen molar-refractivity contribution in [3.8, 4) is 6.07 Å². The van der Waals surface area contributed by atoms with Crippen LogP contribution < -0.4 is 5.32 Å². The molecule has 2 unspecified atom stereocenters. The lowest BCUT2D eigenvalue weighted by molar-refractivity contribution is 0.226. The summed E-state index contributed by atoms with van der Waals surface area (Å²) in [6.07, 6.45) is 0. The van der Waals surface area contributed by atoms with E-state index in [1.54, 1.807) is 24.3 Å². The molecule has 0 saturated carbocycles. The maximum atomic E-state index is 9.25. The Bertz CT molecular complexity index is 666. The second-order valence-corrected chi connectivity index (χ2v) is 5.36. The van der Waals surface area contributed by atoms with Crippen LogP contribution >= 0.6 is 11.6 Å². The number of hydrogen-bond donors (Lipinski definition) is 2. The molecule has 2 aromatic rings. The van der Waals surface area contributed by atoms with Crippen molar-refractivity contribution in [3.05, 3.63) is 34.9 Å². The smallest absolute Gasteiger partial charge is 0.128 e. The molecular formula is C15H16ClN3O. The molecule has 2 rings (SSSR count). The highest BCUT2D eigenvalue weighted by Gasteiger charge is 2.13. The number of nitrogens with one attached hydrogen (secondary N) is 1. The van der Waals surface area contributed by atoms with Crippen LogP contribution in [-0.2, 0) is 0 Å². The first-order valence-corrected chi connectivity index (χ1v) is 6.80. The summed E-state index contributed by atoms with van der Waals surface area (Å²) in [7, 11) is 0. The van der Waals surface area contributed by atoms with E-state index in [0.29, 0.717) is 16.4 Å². The fourth-order valence-corrected chi connectivity index (χ4v) is 2.07. The molecule has 104 valence electrons. The zero-order valence-corrected chi connectivity index (χ0v) is 12.1. The molecule has 1 aromatic carbocycles. The fourth-order valence-electron chi connectivity index (χ4n) is 1.90. The predicted molar refractivity (Wildman–Crippen MR) is 80.8 cm³/mol. The number of nitrogens with zero attached hydrogens (tertiary/aromatic N) is 2. The van der Waals surface area contributed by atoms with E-state index in [1.807, 2.05) is 13.8 Å². The van der Waals surface area contributed by atoms with Crippen molar-refractivity contribution in [2.24, 2.45) is 5.92 Å². The molecule has 0 fully saturated rings. The minimum absolute atomic E-state index is 0.0591. The van der Waals surface area contributed by atoms with E-state index >= 15 is 0 Å². The Morgan fingerprint density at radius 2 is 2.15 bits per heavy atom. The molecule has 0 saturated heterocycles. The van der Waals surface area contributed by atoms with Crippen LogP contribution in [-0.4, -0.2) is 22.7 Å². The molecule has 2 atom stereocenters. The third-order valence-electron chi connectivity index (χ3n) is 3.41. The standard InChI is InChI=1S/C15H16ClN3O/c1-9(8-20)10(2)18-15-5-11(7-17)13-6-12(16)3-4-14(13)19-15/h3-6,9-10,20H,8H2,1-2H3,(H,18,19). The molecule has 0 amide bonds. The Kier molecular flexibility index (Phi) is 4.43. The van der Waals surface area contributed by atoms with Crippen LogP contribution in [0.5, 0.6) is 0 Å². The van der Waals surface area contributed by atoms with Gasteiger partial charge in [0.2, 0.25) is 0 Å². The lowest BCUT2D eigenvalue weighted by Crippen LogP contribution is -2.26. The molecule has 0 aliphatic rings. The summed E-state index contributed by atoms with van der Waals surface area (Å²) >= 11 is 5.95. The highest BCUT2D eigenvalue weighted by Crippen LogP contribution is 2.24. The zero-order valence-electron chi connectivity index (χ0n) is 11.4. The molecule has 20 heavy (non-hydrogen) atoms. The van der Waals surface area contributed by atoms with Gasteiger partial charge in [-0.3, -0.25) is 0 Å². The summed E-state index contributed by atoms with van der Waals surface area (Å²) in [5.74, 6) is 0.729. The van der Waals surface area contributed by atoms with Crippen molar-refractivity contribution >= 4 is 28.3 Å². The lowest BCUT2D eigenvalue weighted by atomic mass is 10.0. The molecule has 0 radical (unpaired) electrons. The SMILES string of the molecule is CC(CO)C(C)Nc1cc(C#N)c2cc(Cl)ccc2n1. The maximum absolute atomic E-state index is 9.25. The van der Waals surface area contributed by atoms with Gasteiger partial charge >= 0.3 is 0 Å². The molecule has 1 aromatic heterocycles. The van der Waals surface area contributed by atoms with Crippen LogP contribution in [0.3, 0.4) is 0 Å². The van der Waals surface area contributed by atoms with Crippen LogP contribution in [0.1, 0.15) is 19.4 Å². The van der Waals surface area contributed by atoms with E-state index in [-0.39, 0.29) is 18.6 Å². The second-order valence-electron chi connectivity index (χ2n) is 4.92. The van der Waals surface area contributed by atoms with Crippen molar-refractivity contribution in [1.82, 2.24) is 4.98 Å². The third-order valence-corrected chi connectivity index (χ3v) is 3.64. The average Bonchev–Trinajstić information content (AvgIpc) is 2.45. The van der Waals surface area contributed by atoms with Gasteiger partial charge in [0.15, 0.2) is 0 Å². The fraction of sp³-hybridized carbons (Fsp3) is 0.333. The molecule has 2 N–H and O–H groups in total. The summed E-state index contributed by atoms with van der Waals surface area (Å²) in [4.78, 5) is 4.48. The van der Waals surface area contributed by atoms with Gasteiger partial charge in [0.25, 0.3) is 0 Å². The molecular weight excluding hydrogens is 274 g/mol. The van der Waals surface area contributed by atoms with E-state index in [2.05, 4.69) is 16.4 Å². The van der Waals surface area contributed by atoms with E-state index in [0.717, 1.165) is 10.9 Å². The lowest BCUT2D eigenvalue weighted by Gasteiger charge is -2.20. The monoisotopic (exact) mass is 289 g/mol. The van der Waals surface area contributed by atoms with Gasteiger partial charge in [0.1, 0.15) is 5.82 Å². The minimum Gasteiger partial charge on any atom is -0.396 e. The number of pyridine rings is 1. The Morgan fingerprint density at radius 3 is 2.80 bits per heavy atom. The van der Waals surface area contributed by atoms with Gasteiger partial charge in [0, 0.05) is 23.1 Å². The summed E-state index contributed by atoms with van der Waals surface area (Å²) in [5, 5.41) is 23.0. The quantitative estimate of drug-likeness (QED) is 0.907. The zero-order chi connectivity index (χ0) is 14.7. The van der Waals surface area contributed by atoms with E-state index < -0.39 is 0 Å². The topological polar surface area (TPSA) is 68.9 Å². The highest BCUT2D eigenvalue weighted by molar-refractivity contribution is 6.31. The van der Waals surface area contributed by atoms with Crippen molar-refractivity contribution in [3.63, 3.8) is 0 Å². The number of fused-ring (bicyclic) bond motifs is 1. The van der Waals surface area contributed by atoms with Gasteiger partial charge in [-0.25, -0.2) is 4.98 Å². The number of aliphatic hydroxyl groups excluding tert-OH is 1. The van der Waals surface area contributed by atoms with Crippen molar-refractivity contribution in [2.45, 2.75) is 19.9 Å². The molecule has 0 aliphatic heterocycles. The van der Waals surface area contributed by atoms with Gasteiger partial charge in [-0.15, -0.1) is 0 Å². The van der Waals surface area contributed by atoms with Gasteiger partial charge < -0.3 is 10.4 Å². The Labute approximate surface area is 123 Å². The van der Waals surface area contributed by atoms with E-state index in [1.165, 1.54) is 0 Å². The number of rotatable bonds is 4. The molecule has 5 heteroatoms. The third kappa shape index (κ3) is 3.01. The molecule has 1 heterocycles. The van der Waals surface area contributed by atoms with Crippen molar-refractivity contribution < 1.29 is 5.11 Å². The van der Waals surface area contributed by atoms with E-state index in [9.17, 15) is 5.26 Å². The predicted octanol–water partition coefficient (Wildman–Crippen LogP) is 3.19. The number of benzene rings is 1. The average molecular weight is 290 g/mol. The van der Waals surface area contributed by atoms with Crippen molar-refractivity contribution in [2.75, 3.05) is 11.9 Å². The summed E-state index contributed by atoms with van der Waals surface area (Å²) in [6, 6.07) is 9.22. The molecule has 4 nitrogen and oxygen atoms in total. The summed E-state index contributed by atoms with van der Waals surface area (Å²) in [6.45, 7) is 4.02. The number of hydrogen-bond acceptors (Lipinski definition) is 4. The molecule has 0 spiro atoms. The van der Waals surface area contributed by atoms with Crippen LogP contribution in [0.2, 0.25) is 5.02 Å². The summed E-state index contributed by atoms with van der Waals surface area (Å²) in [5.41, 5.74) is 1.25. The van der Waals surface area contributed by atoms with Gasteiger partial charge in [-0.2, -0.15) is 5.26 Å².